The first kappa shape index (κ1) is 24.2. The van der Waals surface area contributed by atoms with Gasteiger partial charge in [0.1, 0.15) is 12.2 Å². The standard InChI is InChI=1S/C25H29N5O5/c1-4-5-11-18-28-21(31)19(24(32)29-13-12-17(14-29)16-9-7-6-8-10-16)25(33)30(18)20-22(34-2)26-15-27-23(20)35-3/h6-10,15,17,31H,4-5,11-14H2,1-3H3/t17-/m0/s1. The fourth-order valence-electron chi connectivity index (χ4n) is 4.41. The number of carbonyl (C=O) groups excluding carboxylic acids is 1. The summed E-state index contributed by atoms with van der Waals surface area (Å²) in [6, 6.07) is 9.93. The van der Waals surface area contributed by atoms with Gasteiger partial charge in [-0.05, 0) is 18.4 Å². The minimum atomic E-state index is -0.719. The lowest BCUT2D eigenvalue weighted by molar-refractivity contribution is 0.0784. The second kappa shape index (κ2) is 10.5. The Morgan fingerprint density at radius 2 is 1.83 bits per heavy atom. The van der Waals surface area contributed by atoms with Gasteiger partial charge in [-0.2, -0.15) is 15.0 Å². The van der Waals surface area contributed by atoms with E-state index >= 15 is 0 Å². The molecule has 3 heterocycles. The fourth-order valence-corrected chi connectivity index (χ4v) is 4.41. The van der Waals surface area contributed by atoms with Crippen LogP contribution in [0.15, 0.2) is 41.5 Å². The predicted octanol–water partition coefficient (Wildman–Crippen LogP) is 2.72. The summed E-state index contributed by atoms with van der Waals surface area (Å²) in [6.45, 7) is 2.92. The Balaban J connectivity index is 1.80. The fraction of sp³-hybridized carbons (Fsp3) is 0.400. The molecule has 0 radical (unpaired) electrons. The van der Waals surface area contributed by atoms with Crippen molar-refractivity contribution in [3.63, 3.8) is 0 Å². The van der Waals surface area contributed by atoms with Gasteiger partial charge in [0, 0.05) is 25.4 Å². The van der Waals surface area contributed by atoms with Gasteiger partial charge in [0.05, 0.1) is 14.2 Å². The summed E-state index contributed by atoms with van der Waals surface area (Å²) in [7, 11) is 2.83. The van der Waals surface area contributed by atoms with Gasteiger partial charge in [-0.15, -0.1) is 0 Å². The van der Waals surface area contributed by atoms with E-state index in [1.807, 2.05) is 37.3 Å². The number of aryl methyl sites for hydroxylation is 1. The first-order chi connectivity index (χ1) is 17.0. The van der Waals surface area contributed by atoms with Gasteiger partial charge in [0.25, 0.3) is 11.5 Å². The maximum Gasteiger partial charge on any atom is 0.275 e. The van der Waals surface area contributed by atoms with Crippen LogP contribution in [0.25, 0.3) is 5.69 Å². The molecule has 0 unspecified atom stereocenters. The average molecular weight is 480 g/mol. The van der Waals surface area contributed by atoms with Crippen LogP contribution >= 0.6 is 0 Å². The molecule has 35 heavy (non-hydrogen) atoms. The molecule has 0 bridgehead atoms. The van der Waals surface area contributed by atoms with Crippen LogP contribution in [0.5, 0.6) is 17.6 Å². The number of benzene rings is 1. The molecule has 1 amide bonds. The van der Waals surface area contributed by atoms with Crippen LogP contribution in [0, 0.1) is 0 Å². The molecule has 184 valence electrons. The van der Waals surface area contributed by atoms with Gasteiger partial charge >= 0.3 is 0 Å². The van der Waals surface area contributed by atoms with Crippen LogP contribution in [-0.4, -0.2) is 62.7 Å². The van der Waals surface area contributed by atoms with Gasteiger partial charge in [0.2, 0.25) is 17.6 Å². The zero-order chi connectivity index (χ0) is 24.9. The summed E-state index contributed by atoms with van der Waals surface area (Å²) >= 11 is 0. The van der Waals surface area contributed by atoms with Gasteiger partial charge in [0.15, 0.2) is 11.3 Å². The molecule has 1 fully saturated rings. The third kappa shape index (κ3) is 4.68. The molecule has 10 nitrogen and oxygen atoms in total. The molecule has 0 saturated carbocycles. The van der Waals surface area contributed by atoms with Gasteiger partial charge < -0.3 is 19.5 Å². The number of methoxy groups -OCH3 is 2. The largest absolute Gasteiger partial charge is 0.493 e. The molecular weight excluding hydrogens is 450 g/mol. The summed E-state index contributed by atoms with van der Waals surface area (Å²) in [5, 5.41) is 10.7. The van der Waals surface area contributed by atoms with E-state index in [4.69, 9.17) is 9.47 Å². The zero-order valence-corrected chi connectivity index (χ0v) is 20.1. The maximum atomic E-state index is 13.8. The number of amides is 1. The summed E-state index contributed by atoms with van der Waals surface area (Å²) in [5.74, 6) is -0.546. The number of hydrogen-bond donors (Lipinski definition) is 1. The second-order valence-electron chi connectivity index (χ2n) is 8.36. The summed E-state index contributed by atoms with van der Waals surface area (Å²) < 4.78 is 12.0. The number of rotatable bonds is 8. The molecule has 1 aliphatic heterocycles. The zero-order valence-electron chi connectivity index (χ0n) is 20.1. The normalized spacial score (nSPS) is 15.3. The summed E-state index contributed by atoms with van der Waals surface area (Å²) in [4.78, 5) is 41.4. The van der Waals surface area contributed by atoms with E-state index < -0.39 is 22.9 Å². The van der Waals surface area contributed by atoms with E-state index in [9.17, 15) is 14.7 Å². The lowest BCUT2D eigenvalue weighted by Crippen LogP contribution is -2.37. The number of unbranched alkanes of at least 4 members (excludes halogenated alkanes) is 1. The van der Waals surface area contributed by atoms with Crippen molar-refractivity contribution < 1.29 is 19.4 Å². The Labute approximate surface area is 203 Å². The minimum absolute atomic E-state index is 0.0906. The molecular formula is C25H29N5O5. The lowest BCUT2D eigenvalue weighted by Gasteiger charge is -2.20. The highest BCUT2D eigenvalue weighted by atomic mass is 16.5. The number of aromatic hydroxyl groups is 1. The molecule has 0 spiro atoms. The van der Waals surface area contributed by atoms with Gasteiger partial charge in [-0.25, -0.2) is 0 Å². The number of aromatic nitrogens is 4. The number of nitrogens with zero attached hydrogens (tertiary/aromatic N) is 5. The van der Waals surface area contributed by atoms with Crippen LogP contribution < -0.4 is 15.0 Å². The number of likely N-dealkylation sites (tertiary alicyclic amines) is 1. The quantitative estimate of drug-likeness (QED) is 0.524. The molecule has 1 N–H and O–H groups in total. The number of ether oxygens (including phenoxy) is 2. The topological polar surface area (TPSA) is 120 Å². The highest BCUT2D eigenvalue weighted by Gasteiger charge is 2.33. The van der Waals surface area contributed by atoms with Crippen molar-refractivity contribution in [1.82, 2.24) is 24.4 Å². The molecule has 4 rings (SSSR count). The van der Waals surface area contributed by atoms with E-state index in [0.717, 1.165) is 18.4 Å². The monoisotopic (exact) mass is 479 g/mol. The van der Waals surface area contributed by atoms with E-state index in [0.29, 0.717) is 25.9 Å². The van der Waals surface area contributed by atoms with Crippen molar-refractivity contribution in [3.05, 3.63) is 64.0 Å². The van der Waals surface area contributed by atoms with Crippen LogP contribution in [0.4, 0.5) is 0 Å². The van der Waals surface area contributed by atoms with Gasteiger partial charge in [-0.3, -0.25) is 14.2 Å². The van der Waals surface area contributed by atoms with Crippen molar-refractivity contribution in [2.24, 2.45) is 0 Å². The number of carbonyl (C=O) groups is 1. The van der Waals surface area contributed by atoms with Crippen LogP contribution in [0.1, 0.15) is 53.8 Å². The Bertz CT molecular complexity index is 1240. The molecule has 1 saturated heterocycles. The molecule has 10 heteroatoms. The lowest BCUT2D eigenvalue weighted by atomic mass is 9.99. The Kier molecular flexibility index (Phi) is 7.28. The summed E-state index contributed by atoms with van der Waals surface area (Å²) in [5.41, 5.74) is 0.155. The average Bonchev–Trinajstić information content (AvgIpc) is 3.38. The first-order valence-corrected chi connectivity index (χ1v) is 11.6. The van der Waals surface area contributed by atoms with Gasteiger partial charge in [-0.1, -0.05) is 43.7 Å². The molecule has 1 aliphatic rings. The Morgan fingerprint density at radius 3 is 2.46 bits per heavy atom. The first-order valence-electron chi connectivity index (χ1n) is 11.6. The third-order valence-corrected chi connectivity index (χ3v) is 6.21. The highest BCUT2D eigenvalue weighted by molar-refractivity contribution is 5.96. The van der Waals surface area contributed by atoms with Crippen molar-refractivity contribution in [2.75, 3.05) is 27.3 Å². The second-order valence-corrected chi connectivity index (χ2v) is 8.36. The Hall–Kier alpha value is -3.95. The predicted molar refractivity (Wildman–Crippen MR) is 129 cm³/mol. The molecule has 2 aromatic heterocycles. The molecule has 1 atom stereocenters. The SMILES string of the molecule is CCCCc1nc(O)c(C(=O)N2CC[C@H](c3ccccc3)C2)c(=O)n1-c1c(OC)ncnc1OC. The molecule has 1 aromatic carbocycles. The van der Waals surface area contributed by atoms with E-state index in [2.05, 4.69) is 15.0 Å². The van der Waals surface area contributed by atoms with Crippen LogP contribution in [0.3, 0.4) is 0 Å². The maximum absolute atomic E-state index is 13.8. The van der Waals surface area contributed by atoms with Crippen LogP contribution in [-0.2, 0) is 6.42 Å². The smallest absolute Gasteiger partial charge is 0.275 e. The highest BCUT2D eigenvalue weighted by Crippen LogP contribution is 2.31. The van der Waals surface area contributed by atoms with Crippen LogP contribution in [0.2, 0.25) is 0 Å². The minimum Gasteiger partial charge on any atom is -0.493 e. The van der Waals surface area contributed by atoms with Crippen molar-refractivity contribution in [3.8, 4) is 23.3 Å². The van der Waals surface area contributed by atoms with E-state index in [-0.39, 0.29) is 29.2 Å². The third-order valence-electron chi connectivity index (χ3n) is 6.21. The molecule has 0 aliphatic carbocycles. The molecule has 3 aromatic rings. The van der Waals surface area contributed by atoms with Crippen molar-refractivity contribution >= 4 is 5.91 Å². The Morgan fingerprint density at radius 1 is 1.14 bits per heavy atom. The van der Waals surface area contributed by atoms with E-state index in [1.54, 1.807) is 4.90 Å². The van der Waals surface area contributed by atoms with Crippen molar-refractivity contribution in [2.45, 2.75) is 38.5 Å². The van der Waals surface area contributed by atoms with Crippen molar-refractivity contribution in [1.29, 1.82) is 0 Å². The van der Waals surface area contributed by atoms with E-state index in [1.165, 1.54) is 25.1 Å². The number of hydrogen-bond acceptors (Lipinski definition) is 8. The summed E-state index contributed by atoms with van der Waals surface area (Å²) in [6.07, 6.45) is 3.95.